The molecule has 3 atom stereocenters. The van der Waals surface area contributed by atoms with Gasteiger partial charge in [0.15, 0.2) is 0 Å². The van der Waals surface area contributed by atoms with Crippen LogP contribution in [0.15, 0.2) is 47.5 Å². The Labute approximate surface area is 224 Å². The second-order valence-corrected chi connectivity index (χ2v) is 10.7. The summed E-state index contributed by atoms with van der Waals surface area (Å²) in [6.45, 7) is 19.7. The van der Waals surface area contributed by atoms with E-state index in [9.17, 15) is 9.59 Å². The molecule has 3 unspecified atom stereocenters. The molecule has 1 aliphatic rings. The summed E-state index contributed by atoms with van der Waals surface area (Å²) in [5, 5.41) is 0. The van der Waals surface area contributed by atoms with Gasteiger partial charge in [0.2, 0.25) is 0 Å². The quantitative estimate of drug-likeness (QED) is 0.215. The third-order valence-corrected chi connectivity index (χ3v) is 8.15. The maximum Gasteiger partial charge on any atom is 0.338 e. The average Bonchev–Trinajstić information content (AvgIpc) is 2.88. The molecule has 0 radical (unpaired) electrons. The van der Waals surface area contributed by atoms with Gasteiger partial charge in [0.1, 0.15) is 13.2 Å². The number of rotatable bonds is 7. The van der Waals surface area contributed by atoms with Crippen LogP contribution in [0.4, 0.5) is 0 Å². The van der Waals surface area contributed by atoms with Crippen LogP contribution in [-0.4, -0.2) is 25.2 Å². The second-order valence-electron chi connectivity index (χ2n) is 10.7. The highest BCUT2D eigenvalue weighted by Crippen LogP contribution is 2.37. The number of benzene rings is 2. The molecule has 2 aromatic carbocycles. The van der Waals surface area contributed by atoms with E-state index in [0.717, 1.165) is 40.0 Å². The van der Waals surface area contributed by atoms with Crippen molar-refractivity contribution in [1.29, 1.82) is 0 Å². The van der Waals surface area contributed by atoms with Crippen LogP contribution in [0, 0.1) is 45.4 Å². The van der Waals surface area contributed by atoms with Crippen molar-refractivity contribution in [2.75, 3.05) is 13.2 Å². The van der Waals surface area contributed by atoms with E-state index in [1.807, 2.05) is 39.8 Å². The van der Waals surface area contributed by atoms with Gasteiger partial charge in [-0.1, -0.05) is 51.0 Å². The predicted octanol–water partition coefficient (Wildman–Crippen LogP) is 8.35. The van der Waals surface area contributed by atoms with E-state index >= 15 is 0 Å². The van der Waals surface area contributed by atoms with E-state index < -0.39 is 11.9 Å². The first kappa shape index (κ1) is 30.3. The molecule has 37 heavy (non-hydrogen) atoms. The summed E-state index contributed by atoms with van der Waals surface area (Å²) >= 11 is 0. The van der Waals surface area contributed by atoms with Gasteiger partial charge in [-0.05, 0) is 118 Å². The fraction of sp³-hybridized carbons (Fsp3) is 0.515. The first-order valence-electron chi connectivity index (χ1n) is 13.6. The zero-order chi connectivity index (χ0) is 27.7. The molecule has 0 bridgehead atoms. The Bertz CT molecular complexity index is 1050. The van der Waals surface area contributed by atoms with E-state index in [2.05, 4.69) is 34.6 Å². The Morgan fingerprint density at radius 1 is 0.811 bits per heavy atom. The third-order valence-electron chi connectivity index (χ3n) is 8.15. The summed E-state index contributed by atoms with van der Waals surface area (Å²) < 4.78 is 10.3. The van der Waals surface area contributed by atoms with Crippen molar-refractivity contribution < 1.29 is 19.1 Å². The summed E-state index contributed by atoms with van der Waals surface area (Å²) in [6, 6.07) is 10.8. The monoisotopic (exact) mass is 506 g/mol. The first-order valence-corrected chi connectivity index (χ1v) is 13.6. The van der Waals surface area contributed by atoms with Gasteiger partial charge in [0, 0.05) is 0 Å². The average molecular weight is 507 g/mol. The highest BCUT2D eigenvalue weighted by molar-refractivity contribution is 5.90. The lowest BCUT2D eigenvalue weighted by Gasteiger charge is -2.32. The number of carbonyl (C=O) groups is 2. The van der Waals surface area contributed by atoms with Crippen molar-refractivity contribution in [3.05, 3.63) is 80.9 Å². The maximum atomic E-state index is 11.9. The molecule has 2 aromatic rings. The SMILES string of the molecule is CCC(C)C1=C(C)C(C)C(C)CC1.Cc1ccc(C(=O)OCCOC(=O)c2ccc(C)c(C)c2)cc1C. The lowest BCUT2D eigenvalue weighted by molar-refractivity contribution is 0.0265. The van der Waals surface area contributed by atoms with Gasteiger partial charge in [-0.15, -0.1) is 0 Å². The number of allylic oxidation sites excluding steroid dienone is 2. The summed E-state index contributed by atoms with van der Waals surface area (Å²) in [5.41, 5.74) is 8.75. The first-order chi connectivity index (χ1) is 17.5. The molecule has 0 amide bonds. The highest BCUT2D eigenvalue weighted by Gasteiger charge is 2.24. The van der Waals surface area contributed by atoms with Crippen molar-refractivity contribution in [3.8, 4) is 0 Å². The molecule has 0 aliphatic heterocycles. The fourth-order valence-corrected chi connectivity index (χ4v) is 4.60. The van der Waals surface area contributed by atoms with Crippen molar-refractivity contribution in [2.45, 2.75) is 81.6 Å². The third kappa shape index (κ3) is 8.59. The van der Waals surface area contributed by atoms with Crippen molar-refractivity contribution in [2.24, 2.45) is 17.8 Å². The lowest BCUT2D eigenvalue weighted by Crippen LogP contribution is -2.19. The van der Waals surface area contributed by atoms with Crippen LogP contribution in [0.5, 0.6) is 0 Å². The van der Waals surface area contributed by atoms with E-state index in [0.29, 0.717) is 11.1 Å². The van der Waals surface area contributed by atoms with Crippen LogP contribution in [0.2, 0.25) is 0 Å². The van der Waals surface area contributed by atoms with Gasteiger partial charge in [0.25, 0.3) is 0 Å². The molecule has 0 spiro atoms. The van der Waals surface area contributed by atoms with E-state index in [-0.39, 0.29) is 13.2 Å². The fourth-order valence-electron chi connectivity index (χ4n) is 4.60. The Kier molecular flexibility index (Phi) is 11.6. The van der Waals surface area contributed by atoms with Gasteiger partial charge in [-0.2, -0.15) is 0 Å². The normalized spacial score (nSPS) is 18.0. The van der Waals surface area contributed by atoms with Gasteiger partial charge in [-0.3, -0.25) is 0 Å². The molecular weight excluding hydrogens is 460 g/mol. The van der Waals surface area contributed by atoms with Crippen molar-refractivity contribution in [3.63, 3.8) is 0 Å². The van der Waals surface area contributed by atoms with Crippen LogP contribution in [0.1, 0.15) is 96.9 Å². The number of esters is 2. The standard InChI is InChI=1S/C20H22O4.C13H24/c1-13-5-7-17(11-15(13)3)19(21)23-9-10-24-20(22)18-8-6-14(2)16(4)12-18;1-6-9(2)13-8-7-10(3)11(4)12(13)5/h5-8,11-12H,9-10H2,1-4H3;9-11H,6-8H2,1-5H3. The smallest absolute Gasteiger partial charge is 0.338 e. The molecule has 3 rings (SSSR count). The largest absolute Gasteiger partial charge is 0.458 e. The minimum atomic E-state index is -0.416. The molecule has 0 heterocycles. The molecule has 0 saturated carbocycles. The molecule has 1 aliphatic carbocycles. The summed E-state index contributed by atoms with van der Waals surface area (Å²) in [7, 11) is 0. The van der Waals surface area contributed by atoms with Crippen molar-refractivity contribution in [1.82, 2.24) is 0 Å². The number of aryl methyl sites for hydroxylation is 4. The Morgan fingerprint density at radius 3 is 1.68 bits per heavy atom. The molecule has 0 N–H and O–H groups in total. The molecule has 202 valence electrons. The number of carbonyl (C=O) groups excluding carboxylic acids is 2. The van der Waals surface area contributed by atoms with E-state index in [4.69, 9.17) is 9.47 Å². The summed E-state index contributed by atoms with van der Waals surface area (Å²) in [4.78, 5) is 23.9. The topological polar surface area (TPSA) is 52.6 Å². The van der Waals surface area contributed by atoms with Gasteiger partial charge < -0.3 is 9.47 Å². The minimum absolute atomic E-state index is 0.0301. The van der Waals surface area contributed by atoms with Crippen LogP contribution < -0.4 is 0 Å². The number of hydrogen-bond donors (Lipinski definition) is 0. The molecule has 4 heteroatoms. The van der Waals surface area contributed by atoms with Gasteiger partial charge in [0.05, 0.1) is 11.1 Å². The highest BCUT2D eigenvalue weighted by atomic mass is 16.6. The van der Waals surface area contributed by atoms with Crippen LogP contribution in [-0.2, 0) is 9.47 Å². The van der Waals surface area contributed by atoms with Crippen LogP contribution >= 0.6 is 0 Å². The zero-order valence-corrected chi connectivity index (χ0v) is 24.4. The molecule has 0 aromatic heterocycles. The predicted molar refractivity (Wildman–Crippen MR) is 152 cm³/mol. The minimum Gasteiger partial charge on any atom is -0.458 e. The zero-order valence-electron chi connectivity index (χ0n) is 24.4. The molecule has 0 fully saturated rings. The lowest BCUT2D eigenvalue weighted by atomic mass is 9.74. The van der Waals surface area contributed by atoms with E-state index in [1.54, 1.807) is 35.4 Å². The van der Waals surface area contributed by atoms with Gasteiger partial charge >= 0.3 is 11.9 Å². The van der Waals surface area contributed by atoms with Crippen LogP contribution in [0.3, 0.4) is 0 Å². The Balaban J connectivity index is 0.000000312. The second kappa shape index (κ2) is 14.2. The van der Waals surface area contributed by atoms with Gasteiger partial charge in [-0.25, -0.2) is 9.59 Å². The molecule has 0 saturated heterocycles. The summed E-state index contributed by atoms with van der Waals surface area (Å²) in [6.07, 6.45) is 4.05. The van der Waals surface area contributed by atoms with Crippen molar-refractivity contribution >= 4 is 11.9 Å². The number of hydrogen-bond acceptors (Lipinski definition) is 4. The van der Waals surface area contributed by atoms with Crippen LogP contribution in [0.25, 0.3) is 0 Å². The Morgan fingerprint density at radius 2 is 1.27 bits per heavy atom. The van der Waals surface area contributed by atoms with E-state index in [1.165, 1.54) is 19.3 Å². The molecule has 4 nitrogen and oxygen atoms in total. The Hall–Kier alpha value is -2.88. The summed E-state index contributed by atoms with van der Waals surface area (Å²) in [5.74, 6) is 1.70. The molecular formula is C33H46O4. The maximum absolute atomic E-state index is 11.9. The number of ether oxygens (including phenoxy) is 2.